The number of ether oxygens (including phenoxy) is 1. The lowest BCUT2D eigenvalue weighted by molar-refractivity contribution is 0.0525. The molecule has 0 spiro atoms. The molecule has 0 bridgehead atoms. The average molecular weight is 425 g/mol. The van der Waals surface area contributed by atoms with E-state index in [2.05, 4.69) is 9.97 Å². The summed E-state index contributed by atoms with van der Waals surface area (Å²) in [5.74, 6) is -0.782. The number of aryl methyl sites for hydroxylation is 1. The van der Waals surface area contributed by atoms with Gasteiger partial charge in [-0.05, 0) is 31.4 Å². The molecule has 3 aromatic rings. The van der Waals surface area contributed by atoms with Gasteiger partial charge in [-0.25, -0.2) is 18.2 Å². The molecule has 3 aromatic heterocycles. The smallest absolute Gasteiger partial charge is 0.339 e. The van der Waals surface area contributed by atoms with Crippen molar-refractivity contribution >= 4 is 38.5 Å². The number of sulfone groups is 1. The highest BCUT2D eigenvalue weighted by molar-refractivity contribution is 7.92. The van der Waals surface area contributed by atoms with E-state index >= 15 is 0 Å². The number of aromatic nitrogens is 2. The number of H-pyrrole nitrogens is 1. The molecule has 0 radical (unpaired) electrons. The number of nitrogens with one attached hydrogen (secondary N) is 1. The first-order chi connectivity index (χ1) is 12.8. The van der Waals surface area contributed by atoms with E-state index in [0.29, 0.717) is 16.4 Å². The standard InChI is InChI=1S/C17H16N2O5S3/c1-3-24-17(21)11-7-12(16(20)18-10(11)2)13-8-26-14(19-13)9-27(22,23)15-5-4-6-25-15/h4-8H,3,9H2,1-2H3,(H,18,20). The molecule has 3 rings (SSSR count). The summed E-state index contributed by atoms with van der Waals surface area (Å²) in [5, 5.41) is 3.67. The third-order valence-corrected chi connectivity index (χ3v) is 7.82. The maximum absolute atomic E-state index is 12.4. The molecular weight excluding hydrogens is 408 g/mol. The van der Waals surface area contributed by atoms with Gasteiger partial charge in [0.05, 0.1) is 23.4 Å². The highest BCUT2D eigenvalue weighted by atomic mass is 32.2. The minimum Gasteiger partial charge on any atom is -0.462 e. The van der Waals surface area contributed by atoms with E-state index in [9.17, 15) is 18.0 Å². The van der Waals surface area contributed by atoms with Crippen LogP contribution in [0.15, 0.2) is 38.0 Å². The van der Waals surface area contributed by atoms with Crippen molar-refractivity contribution in [3.8, 4) is 11.3 Å². The lowest BCUT2D eigenvalue weighted by Crippen LogP contribution is -2.16. The molecule has 0 aliphatic carbocycles. The van der Waals surface area contributed by atoms with Crippen molar-refractivity contribution in [2.24, 2.45) is 0 Å². The summed E-state index contributed by atoms with van der Waals surface area (Å²) in [6.45, 7) is 3.52. The Hall–Kier alpha value is -2.30. The summed E-state index contributed by atoms with van der Waals surface area (Å²) in [6, 6.07) is 4.65. The minimum absolute atomic E-state index is 0.194. The zero-order valence-electron chi connectivity index (χ0n) is 14.5. The molecule has 0 fully saturated rings. The van der Waals surface area contributed by atoms with Crippen molar-refractivity contribution in [3.05, 3.63) is 55.6 Å². The van der Waals surface area contributed by atoms with Crippen molar-refractivity contribution < 1.29 is 17.9 Å². The van der Waals surface area contributed by atoms with Crippen LogP contribution in [0.2, 0.25) is 0 Å². The number of esters is 1. The number of thiazole rings is 1. The van der Waals surface area contributed by atoms with Gasteiger partial charge in [-0.15, -0.1) is 22.7 Å². The molecule has 10 heteroatoms. The van der Waals surface area contributed by atoms with E-state index < -0.39 is 21.4 Å². The minimum atomic E-state index is -3.48. The van der Waals surface area contributed by atoms with E-state index in [0.717, 1.165) is 22.7 Å². The van der Waals surface area contributed by atoms with Crippen LogP contribution in [0.25, 0.3) is 11.3 Å². The topological polar surface area (TPSA) is 106 Å². The molecule has 0 aliphatic rings. The first-order valence-electron chi connectivity index (χ1n) is 7.94. The Morgan fingerprint density at radius 3 is 2.78 bits per heavy atom. The lowest BCUT2D eigenvalue weighted by atomic mass is 10.1. The highest BCUT2D eigenvalue weighted by Crippen LogP contribution is 2.26. The summed E-state index contributed by atoms with van der Waals surface area (Å²) in [6.07, 6.45) is 0. The fourth-order valence-electron chi connectivity index (χ4n) is 2.41. The maximum atomic E-state index is 12.4. The number of nitrogens with zero attached hydrogens (tertiary/aromatic N) is 1. The van der Waals surface area contributed by atoms with Crippen molar-refractivity contribution in [1.29, 1.82) is 0 Å². The Morgan fingerprint density at radius 2 is 2.11 bits per heavy atom. The van der Waals surface area contributed by atoms with Crippen LogP contribution in [0.5, 0.6) is 0 Å². The maximum Gasteiger partial charge on any atom is 0.339 e. The second kappa shape index (κ2) is 7.75. The molecule has 142 valence electrons. The Bertz CT molecular complexity index is 1130. The number of hydrogen-bond donors (Lipinski definition) is 1. The zero-order valence-corrected chi connectivity index (χ0v) is 17.0. The predicted octanol–water partition coefficient (Wildman–Crippen LogP) is 3.02. The first kappa shape index (κ1) is 19.5. The second-order valence-corrected chi connectivity index (χ2v) is 9.70. The van der Waals surface area contributed by atoms with Gasteiger partial charge in [0.25, 0.3) is 5.56 Å². The van der Waals surface area contributed by atoms with Gasteiger partial charge in [0.15, 0.2) is 9.84 Å². The van der Waals surface area contributed by atoms with Gasteiger partial charge >= 0.3 is 5.97 Å². The van der Waals surface area contributed by atoms with Crippen LogP contribution in [0.4, 0.5) is 0 Å². The van der Waals surface area contributed by atoms with Crippen LogP contribution in [0.1, 0.15) is 28.0 Å². The lowest BCUT2D eigenvalue weighted by Gasteiger charge is -2.06. The molecular formula is C17H16N2O5S3. The Morgan fingerprint density at radius 1 is 1.33 bits per heavy atom. The third kappa shape index (κ3) is 4.18. The first-order valence-corrected chi connectivity index (χ1v) is 11.3. The van der Waals surface area contributed by atoms with Gasteiger partial charge in [-0.1, -0.05) is 6.07 Å². The number of rotatable bonds is 6. The summed E-state index contributed by atoms with van der Waals surface area (Å²) >= 11 is 2.30. The highest BCUT2D eigenvalue weighted by Gasteiger charge is 2.20. The molecule has 0 atom stereocenters. The number of thiophene rings is 1. The Labute approximate surface area is 163 Å². The van der Waals surface area contributed by atoms with E-state index in [1.54, 1.807) is 36.7 Å². The van der Waals surface area contributed by atoms with Gasteiger partial charge in [-0.3, -0.25) is 4.79 Å². The summed E-state index contributed by atoms with van der Waals surface area (Å²) < 4.78 is 30.0. The van der Waals surface area contributed by atoms with Crippen LogP contribution in [-0.2, 0) is 20.3 Å². The summed E-state index contributed by atoms with van der Waals surface area (Å²) in [7, 11) is -3.48. The fourth-order valence-corrected chi connectivity index (χ4v) is 5.92. The molecule has 0 saturated carbocycles. The van der Waals surface area contributed by atoms with Crippen molar-refractivity contribution in [2.75, 3.05) is 6.61 Å². The van der Waals surface area contributed by atoms with Gasteiger partial charge < -0.3 is 9.72 Å². The normalized spacial score (nSPS) is 11.5. The monoisotopic (exact) mass is 424 g/mol. The quantitative estimate of drug-likeness (QED) is 0.610. The molecule has 7 nitrogen and oxygen atoms in total. The molecule has 27 heavy (non-hydrogen) atoms. The van der Waals surface area contributed by atoms with Crippen LogP contribution >= 0.6 is 22.7 Å². The van der Waals surface area contributed by atoms with Crippen LogP contribution in [-0.4, -0.2) is 31.0 Å². The molecule has 0 unspecified atom stereocenters. The number of pyridine rings is 1. The van der Waals surface area contributed by atoms with Crippen molar-refractivity contribution in [2.45, 2.75) is 23.8 Å². The fraction of sp³-hybridized carbons (Fsp3) is 0.235. The molecule has 1 N–H and O–H groups in total. The van der Waals surface area contributed by atoms with Gasteiger partial charge in [0.1, 0.15) is 15.0 Å². The molecule has 0 saturated heterocycles. The number of aromatic amines is 1. The van der Waals surface area contributed by atoms with Crippen LogP contribution in [0.3, 0.4) is 0 Å². The summed E-state index contributed by atoms with van der Waals surface area (Å²) in [4.78, 5) is 31.2. The van der Waals surface area contributed by atoms with Gasteiger partial charge in [-0.2, -0.15) is 0 Å². The van der Waals surface area contributed by atoms with E-state index in [-0.39, 0.29) is 27.7 Å². The Balaban J connectivity index is 1.94. The molecule has 0 aromatic carbocycles. The Kier molecular flexibility index (Phi) is 5.59. The number of carbonyl (C=O) groups excluding carboxylic acids is 1. The molecule has 0 amide bonds. The van der Waals surface area contributed by atoms with Gasteiger partial charge in [0, 0.05) is 11.1 Å². The largest absolute Gasteiger partial charge is 0.462 e. The van der Waals surface area contributed by atoms with Crippen molar-refractivity contribution in [3.63, 3.8) is 0 Å². The SMILES string of the molecule is CCOC(=O)c1cc(-c2csc(CS(=O)(=O)c3cccs3)n2)c(=O)[nH]c1C. The molecule has 3 heterocycles. The predicted molar refractivity (Wildman–Crippen MR) is 104 cm³/mol. The summed E-state index contributed by atoms with van der Waals surface area (Å²) in [5.41, 5.74) is 0.756. The third-order valence-electron chi connectivity index (χ3n) is 3.68. The average Bonchev–Trinajstić information content (AvgIpc) is 3.27. The number of carbonyl (C=O) groups is 1. The van der Waals surface area contributed by atoms with Crippen LogP contribution < -0.4 is 5.56 Å². The van der Waals surface area contributed by atoms with E-state index in [1.807, 2.05) is 0 Å². The number of hydrogen-bond acceptors (Lipinski definition) is 8. The van der Waals surface area contributed by atoms with Gasteiger partial charge in [0.2, 0.25) is 0 Å². The zero-order chi connectivity index (χ0) is 19.6. The van der Waals surface area contributed by atoms with E-state index in [4.69, 9.17) is 4.74 Å². The van der Waals surface area contributed by atoms with Crippen molar-refractivity contribution in [1.82, 2.24) is 9.97 Å². The van der Waals surface area contributed by atoms with E-state index in [1.165, 1.54) is 6.07 Å². The second-order valence-electron chi connectivity index (χ2n) is 5.59. The molecule has 0 aliphatic heterocycles. The van der Waals surface area contributed by atoms with Crippen LogP contribution in [0, 0.1) is 6.92 Å².